The number of aromatic nitrogens is 3. The van der Waals surface area contributed by atoms with E-state index in [1.165, 1.54) is 0 Å². The molecule has 12 heteroatoms. The summed E-state index contributed by atoms with van der Waals surface area (Å²) >= 11 is 12.4. The van der Waals surface area contributed by atoms with Crippen LogP contribution in [0.3, 0.4) is 0 Å². The second-order valence-corrected chi connectivity index (χ2v) is 8.66. The van der Waals surface area contributed by atoms with E-state index in [0.29, 0.717) is 33.6 Å². The van der Waals surface area contributed by atoms with Gasteiger partial charge in [0.1, 0.15) is 5.75 Å². The first-order chi connectivity index (χ1) is 18.5. The zero-order chi connectivity index (χ0) is 27.1. The van der Waals surface area contributed by atoms with Crippen molar-refractivity contribution in [3.8, 4) is 28.4 Å². The lowest BCUT2D eigenvalue weighted by Gasteiger charge is -2.09. The van der Waals surface area contributed by atoms with Crippen LogP contribution in [0.5, 0.6) is 5.75 Å². The Morgan fingerprint density at radius 3 is 2.34 bits per heavy atom. The molecule has 3 heterocycles. The van der Waals surface area contributed by atoms with Crippen molar-refractivity contribution in [1.29, 1.82) is 0 Å². The molecular formula is C26H26Cl2N8O2. The number of benzene rings is 2. The number of hydrogen-bond donors (Lipinski definition) is 4. The van der Waals surface area contributed by atoms with Crippen molar-refractivity contribution in [2.24, 2.45) is 5.10 Å². The number of nitrogens with one attached hydrogen (secondary N) is 4. The third-order valence-corrected chi connectivity index (χ3v) is 5.79. The van der Waals surface area contributed by atoms with Crippen molar-refractivity contribution in [3.63, 3.8) is 0 Å². The molecule has 0 fully saturated rings. The normalized spacial score (nSPS) is 12.0. The number of amides is 1. The molecule has 0 saturated heterocycles. The van der Waals surface area contributed by atoms with Gasteiger partial charge < -0.3 is 4.74 Å². The Bertz CT molecular complexity index is 1420. The second kappa shape index (κ2) is 12.4. The van der Waals surface area contributed by atoms with Gasteiger partial charge in [0, 0.05) is 21.2 Å². The summed E-state index contributed by atoms with van der Waals surface area (Å²) in [6.07, 6.45) is 1.66. The number of guanidine groups is 1. The lowest BCUT2D eigenvalue weighted by Crippen LogP contribution is -2.43. The zero-order valence-corrected chi connectivity index (χ0v) is 22.4. The largest absolute Gasteiger partial charge is 0.495 e. The number of carbonyl (C=O) groups is 1. The number of hydrazone groups is 1. The van der Waals surface area contributed by atoms with Gasteiger partial charge in [-0.25, -0.2) is 5.53 Å². The van der Waals surface area contributed by atoms with Gasteiger partial charge >= 0.3 is 0 Å². The zero-order valence-electron chi connectivity index (χ0n) is 20.9. The number of halogens is 2. The molecule has 0 aliphatic carbocycles. The van der Waals surface area contributed by atoms with Crippen LogP contribution in [-0.2, 0) is 6.54 Å². The number of nitrogens with zero attached hydrogens (tertiary/aromatic N) is 4. The molecule has 4 aromatic rings. The molecule has 1 amide bonds. The highest BCUT2D eigenvalue weighted by molar-refractivity contribution is 6.35. The number of hydrazine groups is 2. The first-order valence-corrected chi connectivity index (χ1v) is 12.5. The van der Waals surface area contributed by atoms with Gasteiger partial charge in [0.2, 0.25) is 5.96 Å². The van der Waals surface area contributed by atoms with E-state index in [0.717, 1.165) is 22.5 Å². The number of hydrogen-bond acceptors (Lipinski definition) is 8. The van der Waals surface area contributed by atoms with E-state index in [9.17, 15) is 4.79 Å². The first kappa shape index (κ1) is 26.9. The van der Waals surface area contributed by atoms with Gasteiger partial charge in [0.15, 0.2) is 0 Å². The average molecular weight is 553 g/mol. The smallest absolute Gasteiger partial charge is 0.258 e. The highest BCUT2D eigenvalue weighted by Gasteiger charge is 2.16. The van der Waals surface area contributed by atoms with Crippen LogP contribution < -0.4 is 26.5 Å². The van der Waals surface area contributed by atoms with E-state index < -0.39 is 0 Å². The molecular weight excluding hydrogens is 527 g/mol. The predicted octanol–water partition coefficient (Wildman–Crippen LogP) is 4.62. The van der Waals surface area contributed by atoms with E-state index in [1.54, 1.807) is 31.5 Å². The fourth-order valence-electron chi connectivity index (χ4n) is 3.61. The molecule has 38 heavy (non-hydrogen) atoms. The van der Waals surface area contributed by atoms with Crippen LogP contribution in [0, 0.1) is 0 Å². The molecule has 0 atom stereocenters. The second-order valence-electron chi connectivity index (χ2n) is 7.79. The third-order valence-electron chi connectivity index (χ3n) is 5.36. The maximum absolute atomic E-state index is 12.4. The summed E-state index contributed by atoms with van der Waals surface area (Å²) < 4.78 is 7.09. The Hall–Kier alpha value is -4.12. The maximum atomic E-state index is 12.4. The molecule has 1 aliphatic rings. The topological polar surface area (TPSA) is 117 Å². The van der Waals surface area contributed by atoms with Gasteiger partial charge in [-0.1, -0.05) is 49.2 Å². The predicted molar refractivity (Wildman–Crippen MR) is 149 cm³/mol. The van der Waals surface area contributed by atoms with Crippen molar-refractivity contribution >= 4 is 35.1 Å². The minimum absolute atomic E-state index is 0.283. The van der Waals surface area contributed by atoms with Crippen molar-refractivity contribution in [2.45, 2.75) is 20.4 Å². The average Bonchev–Trinajstić information content (AvgIpc) is 3.60. The Labute approximate surface area is 230 Å². The monoisotopic (exact) mass is 552 g/mol. The lowest BCUT2D eigenvalue weighted by molar-refractivity contribution is 0.0976. The molecule has 2 aromatic heterocycles. The molecule has 196 valence electrons. The van der Waals surface area contributed by atoms with E-state index in [1.807, 2.05) is 61.0 Å². The summed E-state index contributed by atoms with van der Waals surface area (Å²) in [4.78, 5) is 17.0. The molecule has 5 rings (SSSR count). The lowest BCUT2D eigenvalue weighted by atomic mass is 10.1. The number of ether oxygens (including phenoxy) is 1. The van der Waals surface area contributed by atoms with Gasteiger partial charge in [-0.2, -0.15) is 5.10 Å². The number of pyridine rings is 1. The molecule has 0 unspecified atom stereocenters. The standard InChI is InChI=1S/C24H20Cl2N8O2.C2H6/c1-36-19-6-7-20(27-12-19)22-11-21(16-8-17(25)10-18(26)9-16)31-34(22)13-14-2-4-15(5-3-14)23(35)28-24-29-32-33-30-24;1-2/h2-12,32-33H,13H2,1H3,(H2,28,29,30,35);1-2H3. The Kier molecular flexibility index (Phi) is 8.80. The molecule has 10 nitrogen and oxygen atoms in total. The van der Waals surface area contributed by atoms with E-state index >= 15 is 0 Å². The van der Waals surface area contributed by atoms with Crippen LogP contribution in [0.2, 0.25) is 10.0 Å². The van der Waals surface area contributed by atoms with Crippen molar-refractivity contribution in [2.75, 3.05) is 7.11 Å². The van der Waals surface area contributed by atoms with Crippen molar-refractivity contribution < 1.29 is 9.53 Å². The minimum atomic E-state index is -0.291. The van der Waals surface area contributed by atoms with Crippen LogP contribution in [0.1, 0.15) is 29.8 Å². The quantitative estimate of drug-likeness (QED) is 0.275. The van der Waals surface area contributed by atoms with Crippen LogP contribution in [0.15, 0.2) is 72.0 Å². The van der Waals surface area contributed by atoms with Gasteiger partial charge in [0.05, 0.1) is 36.9 Å². The molecule has 0 bridgehead atoms. The molecule has 0 saturated carbocycles. The Morgan fingerprint density at radius 2 is 1.74 bits per heavy atom. The van der Waals surface area contributed by atoms with Crippen LogP contribution in [0.4, 0.5) is 0 Å². The van der Waals surface area contributed by atoms with Crippen LogP contribution in [-0.4, -0.2) is 33.7 Å². The van der Waals surface area contributed by atoms with Crippen molar-refractivity contribution in [1.82, 2.24) is 36.6 Å². The first-order valence-electron chi connectivity index (χ1n) is 11.8. The molecule has 1 aliphatic heterocycles. The fourth-order valence-corrected chi connectivity index (χ4v) is 4.14. The molecule has 0 radical (unpaired) electrons. The van der Waals surface area contributed by atoms with Crippen LogP contribution >= 0.6 is 23.2 Å². The SMILES string of the molecule is CC.COc1ccc(-c2cc(-c3cc(Cl)cc(Cl)c3)nn2Cc2ccc(C(=O)NC3=NNNN3)cc2)nc1. The van der Waals surface area contributed by atoms with Gasteiger partial charge in [-0.05, 0) is 54.1 Å². The molecule has 2 aromatic carbocycles. The van der Waals surface area contributed by atoms with E-state index in [-0.39, 0.29) is 11.9 Å². The van der Waals surface area contributed by atoms with Crippen LogP contribution in [0.25, 0.3) is 22.6 Å². The highest BCUT2D eigenvalue weighted by Crippen LogP contribution is 2.30. The Morgan fingerprint density at radius 1 is 1.00 bits per heavy atom. The minimum Gasteiger partial charge on any atom is -0.495 e. The third kappa shape index (κ3) is 6.41. The number of rotatable bonds is 6. The number of methoxy groups -OCH3 is 1. The molecule has 4 N–H and O–H groups in total. The summed E-state index contributed by atoms with van der Waals surface area (Å²) in [5, 5.41) is 12.3. The van der Waals surface area contributed by atoms with Gasteiger partial charge in [0.25, 0.3) is 5.91 Å². The van der Waals surface area contributed by atoms with E-state index in [4.69, 9.17) is 33.0 Å². The molecule has 0 spiro atoms. The van der Waals surface area contributed by atoms with Crippen molar-refractivity contribution in [3.05, 3.63) is 88.0 Å². The summed E-state index contributed by atoms with van der Waals surface area (Å²) in [7, 11) is 1.59. The fraction of sp³-hybridized carbons (Fsp3) is 0.154. The number of carbonyl (C=O) groups excluding carboxylic acids is 1. The maximum Gasteiger partial charge on any atom is 0.258 e. The summed E-state index contributed by atoms with van der Waals surface area (Å²) in [6.45, 7) is 4.45. The highest BCUT2D eigenvalue weighted by atomic mass is 35.5. The summed E-state index contributed by atoms with van der Waals surface area (Å²) in [5.41, 5.74) is 12.2. The Balaban J connectivity index is 0.00000164. The summed E-state index contributed by atoms with van der Waals surface area (Å²) in [5.74, 6) is 0.650. The van der Waals surface area contributed by atoms with Gasteiger partial charge in [-0.3, -0.25) is 25.2 Å². The summed E-state index contributed by atoms with van der Waals surface area (Å²) in [6, 6.07) is 18.2. The van der Waals surface area contributed by atoms with Gasteiger partial charge in [-0.15, -0.1) is 10.6 Å². The van der Waals surface area contributed by atoms with E-state index in [2.05, 4.69) is 31.9 Å².